The third-order valence-electron chi connectivity index (χ3n) is 4.47. The molecule has 1 N–H and O–H groups in total. The second kappa shape index (κ2) is 9.24. The number of ether oxygens (including phenoxy) is 2. The van der Waals surface area contributed by atoms with Gasteiger partial charge in [0, 0.05) is 17.0 Å². The van der Waals surface area contributed by atoms with E-state index in [-0.39, 0.29) is 11.8 Å². The SMILES string of the molecule is COc1ccc(C(Cc2cccs2)C(=O)NCc2ccccc2OC)cc1. The predicted octanol–water partition coefficient (Wildman–Crippen LogP) is 4.41. The maximum Gasteiger partial charge on any atom is 0.228 e. The number of carbonyl (C=O) groups is 1. The molecule has 0 saturated carbocycles. The summed E-state index contributed by atoms with van der Waals surface area (Å²) >= 11 is 1.67. The summed E-state index contributed by atoms with van der Waals surface area (Å²) in [6.45, 7) is 0.430. The summed E-state index contributed by atoms with van der Waals surface area (Å²) in [6.07, 6.45) is 0.668. The van der Waals surface area contributed by atoms with Crippen LogP contribution in [0.2, 0.25) is 0 Å². The summed E-state index contributed by atoms with van der Waals surface area (Å²) in [4.78, 5) is 14.2. The van der Waals surface area contributed by atoms with E-state index in [4.69, 9.17) is 9.47 Å². The zero-order chi connectivity index (χ0) is 19.1. The third kappa shape index (κ3) is 4.89. The molecule has 0 bridgehead atoms. The minimum atomic E-state index is -0.260. The molecule has 2 aromatic carbocycles. The first-order valence-electron chi connectivity index (χ1n) is 8.77. The highest BCUT2D eigenvalue weighted by Gasteiger charge is 2.22. The van der Waals surface area contributed by atoms with E-state index in [0.29, 0.717) is 13.0 Å². The van der Waals surface area contributed by atoms with E-state index in [9.17, 15) is 4.79 Å². The highest BCUT2D eigenvalue weighted by atomic mass is 32.1. The van der Waals surface area contributed by atoms with E-state index in [1.165, 1.54) is 4.88 Å². The molecule has 1 unspecified atom stereocenters. The zero-order valence-electron chi connectivity index (χ0n) is 15.5. The van der Waals surface area contributed by atoms with Gasteiger partial charge >= 0.3 is 0 Å². The Morgan fingerprint density at radius 2 is 1.78 bits per heavy atom. The molecule has 27 heavy (non-hydrogen) atoms. The van der Waals surface area contributed by atoms with Crippen LogP contribution in [0.5, 0.6) is 11.5 Å². The first-order valence-corrected chi connectivity index (χ1v) is 9.65. The van der Waals surface area contributed by atoms with E-state index in [1.54, 1.807) is 25.6 Å². The molecule has 0 aliphatic rings. The first kappa shape index (κ1) is 19.0. The number of hydrogen-bond donors (Lipinski definition) is 1. The second-order valence-corrected chi connectivity index (χ2v) is 7.17. The zero-order valence-corrected chi connectivity index (χ0v) is 16.3. The Kier molecular flexibility index (Phi) is 6.49. The van der Waals surface area contributed by atoms with Gasteiger partial charge in [-0.25, -0.2) is 0 Å². The molecule has 1 atom stereocenters. The molecule has 3 rings (SSSR count). The minimum Gasteiger partial charge on any atom is -0.497 e. The minimum absolute atomic E-state index is 0.000488. The van der Waals surface area contributed by atoms with Gasteiger partial charge in [0.2, 0.25) is 5.91 Å². The van der Waals surface area contributed by atoms with Gasteiger partial charge in [-0.15, -0.1) is 11.3 Å². The molecule has 1 heterocycles. The molecule has 4 nitrogen and oxygen atoms in total. The van der Waals surface area contributed by atoms with Gasteiger partial charge in [0.25, 0.3) is 0 Å². The van der Waals surface area contributed by atoms with Crippen LogP contribution in [-0.2, 0) is 17.8 Å². The van der Waals surface area contributed by atoms with Crippen LogP contribution in [0.3, 0.4) is 0 Å². The van der Waals surface area contributed by atoms with Crippen LogP contribution in [0, 0.1) is 0 Å². The fourth-order valence-corrected chi connectivity index (χ4v) is 3.73. The van der Waals surface area contributed by atoms with E-state index in [1.807, 2.05) is 60.0 Å². The summed E-state index contributed by atoms with van der Waals surface area (Å²) in [6, 6.07) is 19.5. The monoisotopic (exact) mass is 381 g/mol. The molecule has 0 aliphatic heterocycles. The number of methoxy groups -OCH3 is 2. The van der Waals surface area contributed by atoms with Crippen molar-refractivity contribution < 1.29 is 14.3 Å². The number of rotatable bonds is 8. The molecule has 0 aliphatic carbocycles. The Morgan fingerprint density at radius 3 is 2.44 bits per heavy atom. The second-order valence-electron chi connectivity index (χ2n) is 6.14. The van der Waals surface area contributed by atoms with Crippen molar-refractivity contribution >= 4 is 17.2 Å². The number of carbonyl (C=O) groups excluding carboxylic acids is 1. The summed E-state index contributed by atoms with van der Waals surface area (Å²) in [7, 11) is 3.27. The van der Waals surface area contributed by atoms with Crippen molar-refractivity contribution in [3.8, 4) is 11.5 Å². The van der Waals surface area contributed by atoms with Crippen molar-refractivity contribution in [3.63, 3.8) is 0 Å². The number of benzene rings is 2. The maximum atomic E-state index is 13.0. The highest BCUT2D eigenvalue weighted by Crippen LogP contribution is 2.26. The highest BCUT2D eigenvalue weighted by molar-refractivity contribution is 7.09. The average molecular weight is 381 g/mol. The van der Waals surface area contributed by atoms with E-state index in [2.05, 4.69) is 11.4 Å². The summed E-state index contributed by atoms with van der Waals surface area (Å²) < 4.78 is 10.6. The van der Waals surface area contributed by atoms with Crippen LogP contribution in [0.25, 0.3) is 0 Å². The lowest BCUT2D eigenvalue weighted by Gasteiger charge is -2.18. The largest absolute Gasteiger partial charge is 0.497 e. The average Bonchev–Trinajstić information content (AvgIpc) is 3.24. The number of nitrogens with one attached hydrogen (secondary N) is 1. The lowest BCUT2D eigenvalue weighted by atomic mass is 9.94. The topological polar surface area (TPSA) is 47.6 Å². The first-order chi connectivity index (χ1) is 13.2. The molecule has 1 amide bonds. The van der Waals surface area contributed by atoms with Gasteiger partial charge in [-0.3, -0.25) is 4.79 Å². The summed E-state index contributed by atoms with van der Waals surface area (Å²) in [5.41, 5.74) is 1.93. The normalized spacial score (nSPS) is 11.6. The van der Waals surface area contributed by atoms with Gasteiger partial charge in [-0.1, -0.05) is 36.4 Å². The predicted molar refractivity (Wildman–Crippen MR) is 109 cm³/mol. The summed E-state index contributed by atoms with van der Waals surface area (Å²) in [5.74, 6) is 1.30. The van der Waals surface area contributed by atoms with Crippen molar-refractivity contribution in [1.82, 2.24) is 5.32 Å². The van der Waals surface area contributed by atoms with Gasteiger partial charge in [-0.05, 0) is 41.6 Å². The van der Waals surface area contributed by atoms with Gasteiger partial charge in [0.05, 0.1) is 20.1 Å². The Labute approximate surface area is 163 Å². The standard InChI is InChI=1S/C22H23NO3S/c1-25-18-11-9-16(10-12-18)20(14-19-7-5-13-27-19)22(24)23-15-17-6-3-4-8-21(17)26-2/h3-13,20H,14-15H2,1-2H3,(H,23,24). The van der Waals surface area contributed by atoms with E-state index < -0.39 is 0 Å². The third-order valence-corrected chi connectivity index (χ3v) is 5.36. The van der Waals surface area contributed by atoms with Crippen LogP contribution in [0.4, 0.5) is 0 Å². The van der Waals surface area contributed by atoms with Crippen LogP contribution < -0.4 is 14.8 Å². The molecular weight excluding hydrogens is 358 g/mol. The molecule has 0 radical (unpaired) electrons. The Bertz CT molecular complexity index is 860. The van der Waals surface area contributed by atoms with Gasteiger partial charge in [-0.2, -0.15) is 0 Å². The molecule has 0 saturated heterocycles. The molecular formula is C22H23NO3S. The molecule has 0 fully saturated rings. The molecule has 5 heteroatoms. The van der Waals surface area contributed by atoms with Gasteiger partial charge in [0.1, 0.15) is 11.5 Å². The lowest BCUT2D eigenvalue weighted by molar-refractivity contribution is -0.122. The number of thiophene rings is 1. The summed E-state index contributed by atoms with van der Waals surface area (Å²) in [5, 5.41) is 5.10. The molecule has 140 valence electrons. The lowest BCUT2D eigenvalue weighted by Crippen LogP contribution is -2.30. The van der Waals surface area contributed by atoms with Gasteiger partial charge < -0.3 is 14.8 Å². The number of hydrogen-bond acceptors (Lipinski definition) is 4. The Morgan fingerprint density at radius 1 is 1.00 bits per heavy atom. The quantitative estimate of drug-likeness (QED) is 0.629. The number of para-hydroxylation sites is 1. The van der Waals surface area contributed by atoms with Crippen LogP contribution >= 0.6 is 11.3 Å². The van der Waals surface area contributed by atoms with Crippen molar-refractivity contribution in [3.05, 3.63) is 82.0 Å². The molecule has 3 aromatic rings. The van der Waals surface area contributed by atoms with Crippen molar-refractivity contribution in [2.75, 3.05) is 14.2 Å². The van der Waals surface area contributed by atoms with Crippen molar-refractivity contribution in [2.24, 2.45) is 0 Å². The maximum absolute atomic E-state index is 13.0. The Hall–Kier alpha value is -2.79. The van der Waals surface area contributed by atoms with Gasteiger partial charge in [0.15, 0.2) is 0 Å². The number of amides is 1. The Balaban J connectivity index is 1.77. The fourth-order valence-electron chi connectivity index (χ4n) is 2.98. The smallest absolute Gasteiger partial charge is 0.228 e. The van der Waals surface area contributed by atoms with E-state index in [0.717, 1.165) is 22.6 Å². The van der Waals surface area contributed by atoms with Crippen LogP contribution in [-0.4, -0.2) is 20.1 Å². The van der Waals surface area contributed by atoms with Crippen molar-refractivity contribution in [2.45, 2.75) is 18.9 Å². The van der Waals surface area contributed by atoms with Crippen LogP contribution in [0.1, 0.15) is 21.9 Å². The fraction of sp³-hybridized carbons (Fsp3) is 0.227. The molecule has 0 spiro atoms. The van der Waals surface area contributed by atoms with Crippen molar-refractivity contribution in [1.29, 1.82) is 0 Å². The van der Waals surface area contributed by atoms with E-state index >= 15 is 0 Å². The van der Waals surface area contributed by atoms with Crippen LogP contribution in [0.15, 0.2) is 66.0 Å². The molecule has 1 aromatic heterocycles.